The lowest BCUT2D eigenvalue weighted by Gasteiger charge is -2.33. The number of hydrogen-bond acceptors (Lipinski definition) is 5. The number of nitrogens with one attached hydrogen (secondary N) is 1. The number of sulfonamides is 1. The molecule has 2 amide bonds. The molecule has 0 saturated heterocycles. The maximum atomic E-state index is 12.6. The average Bonchev–Trinajstić information content (AvgIpc) is 2.60. The molecular formula is C17H17N3O5S. The summed E-state index contributed by atoms with van der Waals surface area (Å²) in [5, 5.41) is 2.58. The van der Waals surface area contributed by atoms with Gasteiger partial charge in [0.05, 0.1) is 29.7 Å². The molecule has 26 heavy (non-hydrogen) atoms. The van der Waals surface area contributed by atoms with Crippen molar-refractivity contribution >= 4 is 33.2 Å². The molecule has 3 N–H and O–H groups in total. The van der Waals surface area contributed by atoms with E-state index in [-0.39, 0.29) is 23.5 Å². The molecule has 0 spiro atoms. The number of carbonyl (C=O) groups is 2. The lowest BCUT2D eigenvalue weighted by atomic mass is 10.1. The number of primary amides is 1. The molecule has 0 fully saturated rings. The highest BCUT2D eigenvalue weighted by Gasteiger charge is 2.35. The number of anilines is 2. The molecule has 0 radical (unpaired) electrons. The second kappa shape index (κ2) is 6.68. The Morgan fingerprint density at radius 2 is 1.81 bits per heavy atom. The SMILES string of the molecule is CS(=O)(=O)N1C[C@@H](C(=O)Nc2ccccc2C(N)=O)Oc2ccccc21. The first-order chi connectivity index (χ1) is 12.3. The lowest BCUT2D eigenvalue weighted by molar-refractivity contribution is -0.122. The third-order valence-corrected chi connectivity index (χ3v) is 5.02. The highest BCUT2D eigenvalue weighted by molar-refractivity contribution is 7.92. The van der Waals surface area contributed by atoms with E-state index in [0.29, 0.717) is 5.69 Å². The predicted molar refractivity (Wildman–Crippen MR) is 96.6 cm³/mol. The van der Waals surface area contributed by atoms with Gasteiger partial charge in [0.25, 0.3) is 11.8 Å². The van der Waals surface area contributed by atoms with Gasteiger partial charge < -0.3 is 15.8 Å². The minimum absolute atomic E-state index is 0.150. The summed E-state index contributed by atoms with van der Waals surface area (Å²) in [5.74, 6) is -0.983. The summed E-state index contributed by atoms with van der Waals surface area (Å²) in [6.45, 7) is -0.180. The third kappa shape index (κ3) is 3.47. The predicted octanol–water partition coefficient (Wildman–Crippen LogP) is 0.951. The smallest absolute Gasteiger partial charge is 0.267 e. The highest BCUT2D eigenvalue weighted by Crippen LogP contribution is 2.34. The van der Waals surface area contributed by atoms with Crippen molar-refractivity contribution in [2.45, 2.75) is 6.10 Å². The van der Waals surface area contributed by atoms with E-state index in [1.54, 1.807) is 36.4 Å². The molecule has 8 nitrogen and oxygen atoms in total. The van der Waals surface area contributed by atoms with E-state index in [9.17, 15) is 18.0 Å². The minimum atomic E-state index is -3.60. The molecule has 1 aliphatic rings. The van der Waals surface area contributed by atoms with Crippen LogP contribution in [-0.4, -0.2) is 39.1 Å². The topological polar surface area (TPSA) is 119 Å². The van der Waals surface area contributed by atoms with E-state index >= 15 is 0 Å². The Kier molecular flexibility index (Phi) is 4.56. The van der Waals surface area contributed by atoms with Gasteiger partial charge in [-0.1, -0.05) is 24.3 Å². The van der Waals surface area contributed by atoms with E-state index in [4.69, 9.17) is 10.5 Å². The van der Waals surface area contributed by atoms with Crippen LogP contribution in [0.4, 0.5) is 11.4 Å². The van der Waals surface area contributed by atoms with E-state index in [2.05, 4.69) is 5.32 Å². The zero-order valence-corrected chi connectivity index (χ0v) is 14.7. The molecule has 2 aromatic carbocycles. The number of ether oxygens (including phenoxy) is 1. The molecule has 0 saturated carbocycles. The molecule has 1 heterocycles. The van der Waals surface area contributed by atoms with Crippen molar-refractivity contribution in [3.63, 3.8) is 0 Å². The van der Waals surface area contributed by atoms with Gasteiger partial charge in [-0.3, -0.25) is 13.9 Å². The standard InChI is InChI=1S/C17H17N3O5S/c1-26(23,24)20-10-15(25-14-9-5-4-8-13(14)20)17(22)19-12-7-3-2-6-11(12)16(18)21/h2-9,15H,10H2,1H3,(H2,18,21)(H,19,22)/t15-/m0/s1. The number of carbonyl (C=O) groups excluding carboxylic acids is 2. The molecule has 1 aliphatic heterocycles. The number of para-hydroxylation sites is 3. The third-order valence-electron chi connectivity index (χ3n) is 3.88. The summed E-state index contributed by atoms with van der Waals surface area (Å²) in [5.41, 5.74) is 6.06. The van der Waals surface area contributed by atoms with Gasteiger partial charge in [0.2, 0.25) is 10.0 Å². The summed E-state index contributed by atoms with van der Waals surface area (Å²) in [4.78, 5) is 24.1. The molecule has 2 aromatic rings. The summed E-state index contributed by atoms with van der Waals surface area (Å²) >= 11 is 0. The van der Waals surface area contributed by atoms with Crippen LogP contribution < -0.4 is 20.1 Å². The Hall–Kier alpha value is -3.07. The van der Waals surface area contributed by atoms with Crippen LogP contribution in [0.15, 0.2) is 48.5 Å². The van der Waals surface area contributed by atoms with Gasteiger partial charge in [-0.15, -0.1) is 0 Å². The molecule has 0 aliphatic carbocycles. The summed E-state index contributed by atoms with van der Waals surface area (Å²) in [6, 6.07) is 12.8. The number of rotatable bonds is 4. The molecule has 0 bridgehead atoms. The maximum Gasteiger partial charge on any atom is 0.267 e. The lowest BCUT2D eigenvalue weighted by Crippen LogP contribution is -2.48. The zero-order valence-electron chi connectivity index (χ0n) is 13.9. The van der Waals surface area contributed by atoms with Crippen LogP contribution in [0.5, 0.6) is 5.75 Å². The Labute approximate surface area is 150 Å². The number of fused-ring (bicyclic) bond motifs is 1. The molecule has 9 heteroatoms. The molecule has 1 atom stereocenters. The zero-order chi connectivity index (χ0) is 18.9. The van der Waals surface area contributed by atoms with Crippen molar-refractivity contribution in [3.8, 4) is 5.75 Å². The van der Waals surface area contributed by atoms with E-state index in [1.165, 1.54) is 12.1 Å². The van der Waals surface area contributed by atoms with E-state index in [1.807, 2.05) is 0 Å². The molecular weight excluding hydrogens is 358 g/mol. The minimum Gasteiger partial charge on any atom is -0.476 e. The molecule has 0 aromatic heterocycles. The number of nitrogens with zero attached hydrogens (tertiary/aromatic N) is 1. The van der Waals surface area contributed by atoms with Crippen molar-refractivity contribution in [3.05, 3.63) is 54.1 Å². The van der Waals surface area contributed by atoms with Crippen LogP contribution in [0.25, 0.3) is 0 Å². The average molecular weight is 375 g/mol. The van der Waals surface area contributed by atoms with E-state index in [0.717, 1.165) is 10.6 Å². The Balaban J connectivity index is 1.89. The normalized spacial score (nSPS) is 16.3. The van der Waals surface area contributed by atoms with Crippen molar-refractivity contribution in [2.24, 2.45) is 5.73 Å². The second-order valence-electron chi connectivity index (χ2n) is 5.77. The summed E-state index contributed by atoms with van der Waals surface area (Å²) in [7, 11) is -3.60. The second-order valence-corrected chi connectivity index (χ2v) is 7.67. The van der Waals surface area contributed by atoms with Gasteiger partial charge in [0.15, 0.2) is 6.10 Å². The van der Waals surface area contributed by atoms with Crippen LogP contribution in [0.2, 0.25) is 0 Å². The summed E-state index contributed by atoms with van der Waals surface area (Å²) in [6.07, 6.45) is -0.0209. The highest BCUT2D eigenvalue weighted by atomic mass is 32.2. The number of amides is 2. The van der Waals surface area contributed by atoms with Gasteiger partial charge in [0.1, 0.15) is 5.75 Å². The number of nitrogens with two attached hydrogens (primary N) is 1. The van der Waals surface area contributed by atoms with Crippen LogP contribution in [0.3, 0.4) is 0 Å². The maximum absolute atomic E-state index is 12.6. The number of hydrogen-bond donors (Lipinski definition) is 2. The van der Waals surface area contributed by atoms with Crippen LogP contribution in [-0.2, 0) is 14.8 Å². The van der Waals surface area contributed by atoms with Crippen molar-refractivity contribution in [1.29, 1.82) is 0 Å². The largest absolute Gasteiger partial charge is 0.476 e. The van der Waals surface area contributed by atoms with E-state index < -0.39 is 27.9 Å². The van der Waals surface area contributed by atoms with Crippen LogP contribution in [0.1, 0.15) is 10.4 Å². The number of benzene rings is 2. The van der Waals surface area contributed by atoms with Crippen molar-refractivity contribution in [2.75, 3.05) is 22.4 Å². The fourth-order valence-corrected chi connectivity index (χ4v) is 3.59. The summed E-state index contributed by atoms with van der Waals surface area (Å²) < 4.78 is 31.0. The van der Waals surface area contributed by atoms with Gasteiger partial charge in [-0.2, -0.15) is 0 Å². The monoisotopic (exact) mass is 375 g/mol. The Bertz CT molecular complexity index is 974. The molecule has 3 rings (SSSR count). The van der Waals surface area contributed by atoms with Crippen LogP contribution in [0, 0.1) is 0 Å². The van der Waals surface area contributed by atoms with Gasteiger partial charge in [-0.05, 0) is 24.3 Å². The Morgan fingerprint density at radius 1 is 1.15 bits per heavy atom. The first-order valence-corrected chi connectivity index (χ1v) is 9.55. The fraction of sp³-hybridized carbons (Fsp3) is 0.176. The molecule has 0 unspecified atom stereocenters. The van der Waals surface area contributed by atoms with Gasteiger partial charge in [-0.25, -0.2) is 8.42 Å². The Morgan fingerprint density at radius 3 is 2.50 bits per heavy atom. The van der Waals surface area contributed by atoms with Gasteiger partial charge >= 0.3 is 0 Å². The molecule has 136 valence electrons. The first-order valence-electron chi connectivity index (χ1n) is 7.70. The quantitative estimate of drug-likeness (QED) is 0.825. The first kappa shape index (κ1) is 17.7. The van der Waals surface area contributed by atoms with Crippen molar-refractivity contribution < 1.29 is 22.7 Å². The fourth-order valence-electron chi connectivity index (χ4n) is 2.67. The van der Waals surface area contributed by atoms with Gasteiger partial charge in [0, 0.05) is 0 Å². The van der Waals surface area contributed by atoms with Crippen LogP contribution >= 0.6 is 0 Å². The van der Waals surface area contributed by atoms with Crippen molar-refractivity contribution in [1.82, 2.24) is 0 Å².